The van der Waals surface area contributed by atoms with Crippen LogP contribution < -0.4 is 0 Å². The molecule has 43 heavy (non-hydrogen) atoms. The number of ether oxygens (including phenoxy) is 7. The van der Waals surface area contributed by atoms with Crippen LogP contribution in [0.2, 0.25) is 0 Å². The number of benzene rings is 1. The van der Waals surface area contributed by atoms with Crippen molar-refractivity contribution in [2.75, 3.05) is 19.8 Å². The predicted octanol–water partition coefficient (Wildman–Crippen LogP) is -1.71. The highest BCUT2D eigenvalue weighted by atomic mass is 16.8. The molecule has 2 heterocycles. The molecule has 238 valence electrons. The minimum Gasteiger partial charge on any atom is -0.508 e. The fraction of sp³-hybridized carbons (Fsp3) is 0.556. The normalized spacial score (nSPS) is 32.3. The number of aromatic hydroxyl groups is 1. The van der Waals surface area contributed by atoms with Gasteiger partial charge in [0.25, 0.3) is 0 Å². The van der Waals surface area contributed by atoms with Crippen LogP contribution in [0.25, 0.3) is 6.08 Å². The van der Waals surface area contributed by atoms with Crippen LogP contribution >= 0.6 is 0 Å². The van der Waals surface area contributed by atoms with Crippen molar-refractivity contribution < 1.29 is 77.9 Å². The van der Waals surface area contributed by atoms with Crippen molar-refractivity contribution >= 4 is 30.0 Å². The molecule has 2 aliphatic rings. The maximum Gasteiger partial charge on any atom is 0.331 e. The second kappa shape index (κ2) is 14.7. The number of aliphatic hydroxyl groups excluding tert-OH is 4. The van der Waals surface area contributed by atoms with Crippen molar-refractivity contribution in [3.63, 3.8) is 0 Å². The van der Waals surface area contributed by atoms with Gasteiger partial charge >= 0.3 is 23.9 Å². The molecule has 2 saturated heterocycles. The molecule has 1 aromatic rings. The molecule has 0 aromatic heterocycles. The Hall–Kier alpha value is -3.64. The van der Waals surface area contributed by atoms with Gasteiger partial charge in [-0.2, -0.15) is 0 Å². The van der Waals surface area contributed by atoms with Gasteiger partial charge in [0.1, 0.15) is 49.5 Å². The van der Waals surface area contributed by atoms with Gasteiger partial charge in [-0.1, -0.05) is 12.1 Å². The molecule has 1 aromatic carbocycles. The van der Waals surface area contributed by atoms with E-state index in [0.29, 0.717) is 5.56 Å². The number of hydrogen-bond donors (Lipinski definition) is 5. The maximum atomic E-state index is 13.0. The monoisotopic (exact) mass is 614 g/mol. The molecule has 0 bridgehead atoms. The van der Waals surface area contributed by atoms with Gasteiger partial charge < -0.3 is 58.7 Å². The molecule has 16 heteroatoms. The van der Waals surface area contributed by atoms with E-state index in [0.717, 1.165) is 26.8 Å². The lowest BCUT2D eigenvalue weighted by Crippen LogP contribution is -2.63. The zero-order chi connectivity index (χ0) is 31.9. The Bertz CT molecular complexity index is 1170. The van der Waals surface area contributed by atoms with E-state index in [1.165, 1.54) is 30.3 Å². The third-order valence-electron chi connectivity index (χ3n) is 6.39. The van der Waals surface area contributed by atoms with E-state index in [-0.39, 0.29) is 5.75 Å². The summed E-state index contributed by atoms with van der Waals surface area (Å²) in [6, 6.07) is 5.77. The minimum atomic E-state index is -2.43. The largest absolute Gasteiger partial charge is 0.508 e. The zero-order valence-electron chi connectivity index (χ0n) is 23.4. The van der Waals surface area contributed by atoms with Crippen LogP contribution in [0.3, 0.4) is 0 Å². The van der Waals surface area contributed by atoms with Crippen molar-refractivity contribution in [2.45, 2.75) is 75.6 Å². The van der Waals surface area contributed by atoms with Crippen molar-refractivity contribution in [3.05, 3.63) is 35.9 Å². The number of esters is 4. The Kier molecular flexibility index (Phi) is 11.6. The molecular weight excluding hydrogens is 580 g/mol. The van der Waals surface area contributed by atoms with Gasteiger partial charge in [-0.05, 0) is 23.8 Å². The highest BCUT2D eigenvalue weighted by Crippen LogP contribution is 2.40. The molecule has 0 saturated carbocycles. The van der Waals surface area contributed by atoms with Crippen molar-refractivity contribution in [3.8, 4) is 5.75 Å². The van der Waals surface area contributed by atoms with Gasteiger partial charge in [-0.25, -0.2) is 4.79 Å². The van der Waals surface area contributed by atoms with E-state index in [1.807, 2.05) is 0 Å². The summed E-state index contributed by atoms with van der Waals surface area (Å²) >= 11 is 0. The molecule has 16 nitrogen and oxygen atoms in total. The Balaban J connectivity index is 1.99. The molecule has 3 rings (SSSR count). The van der Waals surface area contributed by atoms with Gasteiger partial charge in [0.05, 0.1) is 6.61 Å². The number of carbonyl (C=O) groups excluding carboxylic acids is 4. The highest BCUT2D eigenvalue weighted by Gasteiger charge is 2.63. The first-order valence-electron chi connectivity index (χ1n) is 13.0. The fourth-order valence-corrected chi connectivity index (χ4v) is 4.37. The molecular formula is C27H34O16. The molecule has 9 atom stereocenters. The van der Waals surface area contributed by atoms with Gasteiger partial charge in [0.2, 0.25) is 5.79 Å². The number of phenolic OH excluding ortho intramolecular Hbond substituents is 1. The van der Waals surface area contributed by atoms with Crippen LogP contribution in [0.5, 0.6) is 5.75 Å². The molecule has 2 fully saturated rings. The average Bonchev–Trinajstić information content (AvgIpc) is 3.22. The van der Waals surface area contributed by atoms with Gasteiger partial charge in [0, 0.05) is 26.8 Å². The number of carbonyl (C=O) groups is 4. The Morgan fingerprint density at radius 3 is 2.12 bits per heavy atom. The van der Waals surface area contributed by atoms with E-state index in [4.69, 9.17) is 33.2 Å². The topological polar surface area (TPSA) is 234 Å². The molecule has 0 amide bonds. The third kappa shape index (κ3) is 8.70. The van der Waals surface area contributed by atoms with Crippen LogP contribution in [-0.4, -0.2) is 124 Å². The number of hydrogen-bond acceptors (Lipinski definition) is 16. The Labute approximate surface area is 245 Å². The summed E-state index contributed by atoms with van der Waals surface area (Å²) in [6.07, 6.45) is -11.4. The molecule has 0 aliphatic carbocycles. The Morgan fingerprint density at radius 1 is 0.884 bits per heavy atom. The van der Waals surface area contributed by atoms with Crippen LogP contribution in [0, 0.1) is 0 Å². The molecule has 5 N–H and O–H groups in total. The van der Waals surface area contributed by atoms with E-state index in [2.05, 4.69) is 0 Å². The molecule has 0 radical (unpaired) electrons. The van der Waals surface area contributed by atoms with E-state index >= 15 is 0 Å². The number of rotatable bonds is 11. The third-order valence-corrected chi connectivity index (χ3v) is 6.39. The molecule has 0 spiro atoms. The van der Waals surface area contributed by atoms with Crippen LogP contribution in [0.1, 0.15) is 26.3 Å². The lowest BCUT2D eigenvalue weighted by molar-refractivity contribution is -0.383. The predicted molar refractivity (Wildman–Crippen MR) is 138 cm³/mol. The van der Waals surface area contributed by atoms with Crippen molar-refractivity contribution in [2.24, 2.45) is 0 Å². The van der Waals surface area contributed by atoms with Gasteiger partial charge in [-0.15, -0.1) is 0 Å². The Morgan fingerprint density at radius 2 is 1.53 bits per heavy atom. The van der Waals surface area contributed by atoms with Crippen molar-refractivity contribution in [1.29, 1.82) is 0 Å². The second-order valence-corrected chi connectivity index (χ2v) is 9.72. The van der Waals surface area contributed by atoms with Crippen LogP contribution in [0.15, 0.2) is 30.3 Å². The average molecular weight is 615 g/mol. The van der Waals surface area contributed by atoms with Gasteiger partial charge in [0.15, 0.2) is 18.5 Å². The summed E-state index contributed by atoms with van der Waals surface area (Å²) < 4.78 is 38.0. The smallest absolute Gasteiger partial charge is 0.331 e. The van der Waals surface area contributed by atoms with Gasteiger partial charge in [-0.3, -0.25) is 14.4 Å². The summed E-state index contributed by atoms with van der Waals surface area (Å²) in [5.74, 6) is -5.93. The summed E-state index contributed by atoms with van der Waals surface area (Å²) in [5, 5.41) is 51.0. The summed E-state index contributed by atoms with van der Waals surface area (Å²) in [7, 11) is 0. The first-order valence-corrected chi connectivity index (χ1v) is 13.0. The zero-order valence-corrected chi connectivity index (χ0v) is 23.4. The van der Waals surface area contributed by atoms with E-state index < -0.39 is 98.5 Å². The molecule has 9 unspecified atom stereocenters. The van der Waals surface area contributed by atoms with Crippen LogP contribution in [0.4, 0.5) is 0 Å². The highest BCUT2D eigenvalue weighted by molar-refractivity contribution is 5.87. The van der Waals surface area contributed by atoms with Crippen LogP contribution in [-0.2, 0) is 52.3 Å². The number of aliphatic hydroxyl groups is 4. The lowest BCUT2D eigenvalue weighted by Gasteiger charge is -2.43. The standard InChI is InChI=1S/C27H34O16/c1-13(29)37-11-19-21(34)22(35)23(36)26(40-19)43-27(12-38-14(2)30)25(24(39-15(3)31)18(10-28)42-27)41-20(33)9-6-16-4-7-17(32)8-5-16/h4-9,18-19,21-26,28,32,34-36H,10-12H2,1-3H3. The second-order valence-electron chi connectivity index (χ2n) is 9.72. The van der Waals surface area contributed by atoms with E-state index in [9.17, 15) is 44.7 Å². The van der Waals surface area contributed by atoms with E-state index in [1.54, 1.807) is 0 Å². The number of phenols is 1. The maximum absolute atomic E-state index is 13.0. The molecule has 2 aliphatic heterocycles. The minimum absolute atomic E-state index is 0.00523. The lowest BCUT2D eigenvalue weighted by atomic mass is 9.98. The summed E-state index contributed by atoms with van der Waals surface area (Å²) in [4.78, 5) is 48.0. The quantitative estimate of drug-likeness (QED) is 0.106. The summed E-state index contributed by atoms with van der Waals surface area (Å²) in [5.41, 5.74) is 0.495. The van der Waals surface area contributed by atoms with Crippen molar-refractivity contribution in [1.82, 2.24) is 0 Å². The summed E-state index contributed by atoms with van der Waals surface area (Å²) in [6.45, 7) is 0.928. The fourth-order valence-electron chi connectivity index (χ4n) is 4.37. The first-order chi connectivity index (χ1) is 20.3. The first kappa shape index (κ1) is 33.9. The SMILES string of the molecule is CC(=O)OCC1OC(OC2(COC(C)=O)OC(CO)C(OC(C)=O)C2OC(=O)C=Cc2ccc(O)cc2)C(O)C(O)C1O.